The Morgan fingerprint density at radius 2 is 1.59 bits per heavy atom. The van der Waals surface area contributed by atoms with Crippen LogP contribution in [0.1, 0.15) is 32.0 Å². The van der Waals surface area contributed by atoms with Crippen LogP contribution in [0.3, 0.4) is 0 Å². The van der Waals surface area contributed by atoms with Crippen molar-refractivity contribution in [2.24, 2.45) is 0 Å². The fourth-order valence-corrected chi connectivity index (χ4v) is 4.40. The minimum absolute atomic E-state index is 0.00783. The smallest absolute Gasteiger partial charge is 0.256 e. The van der Waals surface area contributed by atoms with Gasteiger partial charge in [-0.15, -0.1) is 0 Å². The zero-order chi connectivity index (χ0) is 24.1. The second-order valence-electron chi connectivity index (χ2n) is 7.27. The van der Waals surface area contributed by atoms with Gasteiger partial charge in [-0.25, -0.2) is 13.1 Å². The molecule has 0 radical (unpaired) electrons. The lowest BCUT2D eigenvalue weighted by Crippen LogP contribution is -2.23. The number of carbonyl (C=O) groups excluding carboxylic acids is 2. The van der Waals surface area contributed by atoms with E-state index in [-0.39, 0.29) is 34.0 Å². The van der Waals surface area contributed by atoms with Crippen molar-refractivity contribution in [3.05, 3.63) is 119 Å². The third kappa shape index (κ3) is 5.43. The van der Waals surface area contributed by atoms with Gasteiger partial charge in [0.2, 0.25) is 10.0 Å². The first-order valence-corrected chi connectivity index (χ1v) is 12.0. The largest absolute Gasteiger partial charge is 0.468 e. The summed E-state index contributed by atoms with van der Waals surface area (Å²) in [4.78, 5) is 26.0. The molecule has 1 heterocycles. The van der Waals surface area contributed by atoms with Crippen LogP contribution in [-0.2, 0) is 16.6 Å². The van der Waals surface area contributed by atoms with Gasteiger partial charge < -0.3 is 9.73 Å². The van der Waals surface area contributed by atoms with Crippen LogP contribution in [0, 0.1) is 0 Å². The molecule has 1 aromatic heterocycles. The molecule has 4 rings (SSSR count). The van der Waals surface area contributed by atoms with Crippen LogP contribution in [0.2, 0.25) is 5.02 Å². The van der Waals surface area contributed by atoms with Crippen LogP contribution in [0.5, 0.6) is 0 Å². The van der Waals surface area contributed by atoms with Crippen molar-refractivity contribution in [2.75, 3.05) is 5.32 Å². The van der Waals surface area contributed by atoms with Crippen LogP contribution in [0.15, 0.2) is 101 Å². The molecule has 2 N–H and O–H groups in total. The molecule has 0 aliphatic rings. The van der Waals surface area contributed by atoms with Crippen LogP contribution in [-0.4, -0.2) is 20.1 Å². The zero-order valence-electron chi connectivity index (χ0n) is 17.7. The topological polar surface area (TPSA) is 105 Å². The van der Waals surface area contributed by atoms with Crippen LogP contribution in [0.4, 0.5) is 5.69 Å². The van der Waals surface area contributed by atoms with Crippen molar-refractivity contribution in [1.82, 2.24) is 4.72 Å². The van der Waals surface area contributed by atoms with E-state index < -0.39 is 15.9 Å². The van der Waals surface area contributed by atoms with Crippen molar-refractivity contribution in [1.29, 1.82) is 0 Å². The molecule has 0 unspecified atom stereocenters. The summed E-state index contributed by atoms with van der Waals surface area (Å²) in [5.41, 5.74) is 1.03. The summed E-state index contributed by atoms with van der Waals surface area (Å²) < 4.78 is 32.9. The Bertz CT molecular complexity index is 1430. The van der Waals surface area contributed by atoms with E-state index in [9.17, 15) is 18.0 Å². The number of amides is 1. The fourth-order valence-electron chi connectivity index (χ4n) is 3.24. The first kappa shape index (κ1) is 23.4. The molecule has 0 aliphatic heterocycles. The number of anilines is 1. The molecule has 172 valence electrons. The normalized spacial score (nSPS) is 11.2. The molecule has 0 bridgehead atoms. The zero-order valence-corrected chi connectivity index (χ0v) is 19.3. The second-order valence-corrected chi connectivity index (χ2v) is 9.47. The van der Waals surface area contributed by atoms with Gasteiger partial charge in [0.1, 0.15) is 5.76 Å². The van der Waals surface area contributed by atoms with Crippen LogP contribution >= 0.6 is 11.6 Å². The number of hydrogen-bond acceptors (Lipinski definition) is 5. The minimum atomic E-state index is -3.85. The molecule has 9 heteroatoms. The molecule has 34 heavy (non-hydrogen) atoms. The molecule has 0 atom stereocenters. The second kappa shape index (κ2) is 10.0. The van der Waals surface area contributed by atoms with Crippen molar-refractivity contribution in [3.63, 3.8) is 0 Å². The standard InChI is InChI=1S/C25H19ClN2O5S/c26-18-12-10-17(11-13-18)24(29)22-8-1-2-9-23(22)25(30)28-19-5-3-7-21(15-19)34(31,32)27-16-20-6-4-14-33-20/h1-15,27H,16H2,(H,28,30). The highest BCUT2D eigenvalue weighted by molar-refractivity contribution is 7.89. The van der Waals surface area contributed by atoms with Gasteiger partial charge in [0.15, 0.2) is 5.78 Å². The Morgan fingerprint density at radius 1 is 0.853 bits per heavy atom. The van der Waals surface area contributed by atoms with Crippen molar-refractivity contribution < 1.29 is 22.4 Å². The monoisotopic (exact) mass is 494 g/mol. The van der Waals surface area contributed by atoms with E-state index >= 15 is 0 Å². The Labute approximate surface area is 201 Å². The van der Waals surface area contributed by atoms with E-state index in [2.05, 4.69) is 10.0 Å². The maximum atomic E-state index is 13.0. The molecule has 0 aliphatic carbocycles. The number of sulfonamides is 1. The van der Waals surface area contributed by atoms with E-state index in [0.29, 0.717) is 16.3 Å². The van der Waals surface area contributed by atoms with Gasteiger partial charge in [-0.1, -0.05) is 35.9 Å². The summed E-state index contributed by atoms with van der Waals surface area (Å²) in [6.45, 7) is -0.00783. The minimum Gasteiger partial charge on any atom is -0.468 e. The molecule has 0 saturated carbocycles. The number of furan rings is 1. The third-order valence-corrected chi connectivity index (χ3v) is 6.59. The summed E-state index contributed by atoms with van der Waals surface area (Å²) in [6.07, 6.45) is 1.45. The first-order valence-electron chi connectivity index (χ1n) is 10.2. The Morgan fingerprint density at radius 3 is 2.29 bits per heavy atom. The maximum Gasteiger partial charge on any atom is 0.256 e. The molecular weight excluding hydrogens is 476 g/mol. The maximum absolute atomic E-state index is 13.0. The van der Waals surface area contributed by atoms with E-state index in [1.807, 2.05) is 0 Å². The summed E-state index contributed by atoms with van der Waals surface area (Å²) >= 11 is 5.90. The Kier molecular flexibility index (Phi) is 6.93. The van der Waals surface area contributed by atoms with Gasteiger partial charge in [-0.05, 0) is 60.7 Å². The van der Waals surface area contributed by atoms with Gasteiger partial charge >= 0.3 is 0 Å². The third-order valence-electron chi connectivity index (χ3n) is 4.94. The average molecular weight is 495 g/mol. The number of hydrogen-bond donors (Lipinski definition) is 2. The van der Waals surface area contributed by atoms with E-state index in [4.69, 9.17) is 16.0 Å². The first-order chi connectivity index (χ1) is 16.3. The number of benzene rings is 3. The number of rotatable bonds is 8. The highest BCUT2D eigenvalue weighted by Crippen LogP contribution is 2.20. The average Bonchev–Trinajstić information content (AvgIpc) is 3.37. The lowest BCUT2D eigenvalue weighted by Gasteiger charge is -2.11. The van der Waals surface area contributed by atoms with E-state index in [1.165, 1.54) is 30.5 Å². The number of halogens is 1. The van der Waals surface area contributed by atoms with E-state index in [1.54, 1.807) is 60.7 Å². The Hall–Kier alpha value is -3.72. The molecule has 3 aromatic carbocycles. The number of nitrogens with one attached hydrogen (secondary N) is 2. The Balaban J connectivity index is 1.54. The summed E-state index contributed by atoms with van der Waals surface area (Å²) in [6, 6.07) is 21.9. The van der Waals surface area contributed by atoms with Gasteiger partial charge in [0.25, 0.3) is 5.91 Å². The van der Waals surface area contributed by atoms with Crippen LogP contribution < -0.4 is 10.0 Å². The number of carbonyl (C=O) groups is 2. The summed E-state index contributed by atoms with van der Waals surface area (Å²) in [5.74, 6) is -0.410. The fraction of sp³-hybridized carbons (Fsp3) is 0.0400. The van der Waals surface area contributed by atoms with Crippen molar-refractivity contribution >= 4 is 39.0 Å². The highest BCUT2D eigenvalue weighted by Gasteiger charge is 2.19. The molecule has 0 saturated heterocycles. The van der Waals surface area contributed by atoms with Crippen molar-refractivity contribution in [3.8, 4) is 0 Å². The predicted octanol–water partition coefficient (Wildman–Crippen LogP) is 4.89. The summed E-state index contributed by atoms with van der Waals surface area (Å²) in [7, 11) is -3.85. The highest BCUT2D eigenvalue weighted by atomic mass is 35.5. The molecule has 0 spiro atoms. The van der Waals surface area contributed by atoms with E-state index in [0.717, 1.165) is 0 Å². The lowest BCUT2D eigenvalue weighted by atomic mass is 9.98. The van der Waals surface area contributed by atoms with Gasteiger partial charge in [-0.2, -0.15) is 0 Å². The van der Waals surface area contributed by atoms with Crippen LogP contribution in [0.25, 0.3) is 0 Å². The SMILES string of the molecule is O=C(Nc1cccc(S(=O)(=O)NCc2ccco2)c1)c1ccccc1C(=O)c1ccc(Cl)cc1. The quantitative estimate of drug-likeness (QED) is 0.339. The van der Waals surface area contributed by atoms with Gasteiger partial charge in [0.05, 0.1) is 23.3 Å². The summed E-state index contributed by atoms with van der Waals surface area (Å²) in [5, 5.41) is 3.17. The molecule has 4 aromatic rings. The molecular formula is C25H19ClN2O5S. The predicted molar refractivity (Wildman–Crippen MR) is 128 cm³/mol. The lowest BCUT2D eigenvalue weighted by molar-refractivity contribution is 0.0996. The number of ketones is 1. The van der Waals surface area contributed by atoms with Crippen molar-refractivity contribution in [2.45, 2.75) is 11.4 Å². The molecule has 0 fully saturated rings. The molecule has 7 nitrogen and oxygen atoms in total. The van der Waals surface area contributed by atoms with Gasteiger partial charge in [0, 0.05) is 21.8 Å². The van der Waals surface area contributed by atoms with Gasteiger partial charge in [-0.3, -0.25) is 9.59 Å². The molecule has 1 amide bonds.